The highest BCUT2D eigenvalue weighted by molar-refractivity contribution is 7.14. The quantitative estimate of drug-likeness (QED) is 0.0908. The van der Waals surface area contributed by atoms with Crippen molar-refractivity contribution in [1.82, 2.24) is 69.1 Å². The number of nitrogens with zero attached hydrogens (tertiary/aromatic N) is 14. The molecule has 388 valence electrons. The molecule has 6 N–H and O–H groups in total. The number of nitrogen functional groups attached to an aromatic ring is 2. The lowest BCUT2D eigenvalue weighted by atomic mass is 9.90. The van der Waals surface area contributed by atoms with Gasteiger partial charge in [-0.1, -0.05) is 48.5 Å². The standard InChI is InChI=1S/2C27H35N9S/c2*1-18-16-37-27(32-18)29-15-19-3-5-20(6-4-19)24-23-25(28)30-17-31-26(23)36(33-24)22-9-7-21(8-10-22)35-13-11-34(2)12-14-35/h2*3-6,16-17,21-22H,7-15H2,1-2H3,(H,29,32)(H2,28,30,31). The van der Waals surface area contributed by atoms with Crippen LogP contribution in [0.1, 0.15) is 86.0 Å². The average Bonchev–Trinajstić information content (AvgIpc) is 4.25. The first-order chi connectivity index (χ1) is 36.1. The van der Waals surface area contributed by atoms with Crippen LogP contribution in [-0.2, 0) is 13.1 Å². The first-order valence-corrected chi connectivity index (χ1v) is 28.2. The molecule has 6 aromatic heterocycles. The van der Waals surface area contributed by atoms with Crippen LogP contribution < -0.4 is 22.1 Å². The third kappa shape index (κ3) is 11.1. The van der Waals surface area contributed by atoms with Crippen molar-refractivity contribution in [2.75, 3.05) is 88.6 Å². The van der Waals surface area contributed by atoms with Gasteiger partial charge >= 0.3 is 0 Å². The minimum Gasteiger partial charge on any atom is -0.383 e. The van der Waals surface area contributed by atoms with Gasteiger partial charge in [-0.3, -0.25) is 9.80 Å². The summed E-state index contributed by atoms with van der Waals surface area (Å²) in [7, 11) is 4.44. The Labute approximate surface area is 441 Å². The third-order valence-corrected chi connectivity index (χ3v) is 17.6. The molecule has 20 heteroatoms. The predicted octanol–water partition coefficient (Wildman–Crippen LogP) is 8.37. The van der Waals surface area contributed by atoms with E-state index >= 15 is 0 Å². The molecule has 12 rings (SSSR count). The SMILES string of the molecule is Cc1csc(NCc2ccc(-c3nn(C4CCC(N5CCN(C)CC5)CC4)c4ncnc(N)c34)cc2)n1.Cc1csc(NCc2ccc(-c3nn(C4CCC(N5CCN(C)CC5)CC4)c4ncnc(N)c34)cc2)n1. The van der Waals surface area contributed by atoms with Gasteiger partial charge in [-0.2, -0.15) is 10.2 Å². The van der Waals surface area contributed by atoms with Gasteiger partial charge in [-0.25, -0.2) is 39.3 Å². The van der Waals surface area contributed by atoms with Gasteiger partial charge in [0.1, 0.15) is 35.7 Å². The lowest BCUT2D eigenvalue weighted by Gasteiger charge is -2.41. The van der Waals surface area contributed by atoms with Crippen molar-refractivity contribution >= 4 is 66.6 Å². The molecule has 74 heavy (non-hydrogen) atoms. The summed E-state index contributed by atoms with van der Waals surface area (Å²) in [5.74, 6) is 0.976. The Bertz CT molecular complexity index is 2900. The number of piperazine rings is 2. The summed E-state index contributed by atoms with van der Waals surface area (Å²) in [5.41, 5.74) is 22.7. The van der Waals surface area contributed by atoms with Gasteiger partial charge in [-0.15, -0.1) is 22.7 Å². The molecule has 18 nitrogen and oxygen atoms in total. The summed E-state index contributed by atoms with van der Waals surface area (Å²) in [6.45, 7) is 14.9. The van der Waals surface area contributed by atoms with Crippen molar-refractivity contribution in [2.24, 2.45) is 0 Å². The molecular weight excluding hydrogens is 965 g/mol. The highest BCUT2D eigenvalue weighted by Gasteiger charge is 2.33. The van der Waals surface area contributed by atoms with E-state index in [0.717, 1.165) is 105 Å². The highest BCUT2D eigenvalue weighted by Crippen LogP contribution is 2.39. The van der Waals surface area contributed by atoms with Crippen LogP contribution in [0.4, 0.5) is 21.9 Å². The number of aryl methyl sites for hydroxylation is 2. The summed E-state index contributed by atoms with van der Waals surface area (Å²) < 4.78 is 4.26. The Hall–Kier alpha value is -6.16. The van der Waals surface area contributed by atoms with Crippen LogP contribution in [0.3, 0.4) is 0 Å². The number of benzene rings is 2. The van der Waals surface area contributed by atoms with Gasteiger partial charge in [0, 0.05) is 99.4 Å². The maximum absolute atomic E-state index is 6.38. The lowest BCUT2D eigenvalue weighted by Crippen LogP contribution is -2.49. The Morgan fingerprint density at radius 3 is 1.22 bits per heavy atom. The second kappa shape index (κ2) is 22.4. The van der Waals surface area contributed by atoms with E-state index in [4.69, 9.17) is 21.7 Å². The number of hydrogen-bond donors (Lipinski definition) is 4. The van der Waals surface area contributed by atoms with Crippen LogP contribution in [0.25, 0.3) is 44.6 Å². The Morgan fingerprint density at radius 2 is 0.865 bits per heavy atom. The second-order valence-electron chi connectivity index (χ2n) is 20.8. The highest BCUT2D eigenvalue weighted by atomic mass is 32.1. The number of aromatic nitrogens is 10. The molecule has 0 radical (unpaired) electrons. The molecule has 2 aromatic carbocycles. The van der Waals surface area contributed by atoms with Crippen molar-refractivity contribution in [3.63, 3.8) is 0 Å². The number of thiazole rings is 2. The number of rotatable bonds is 12. The van der Waals surface area contributed by atoms with Crippen molar-refractivity contribution in [3.05, 3.63) is 94.5 Å². The zero-order chi connectivity index (χ0) is 50.7. The molecule has 2 aliphatic carbocycles. The van der Waals surface area contributed by atoms with Crippen LogP contribution >= 0.6 is 22.7 Å². The summed E-state index contributed by atoms with van der Waals surface area (Å²) in [6, 6.07) is 19.0. The number of fused-ring (bicyclic) bond motifs is 2. The van der Waals surface area contributed by atoms with E-state index in [-0.39, 0.29) is 0 Å². The fourth-order valence-electron chi connectivity index (χ4n) is 11.4. The normalized spacial score (nSPS) is 21.5. The zero-order valence-electron chi connectivity index (χ0n) is 43.2. The third-order valence-electron chi connectivity index (χ3n) is 15.7. The Morgan fingerprint density at radius 1 is 0.500 bits per heavy atom. The van der Waals surface area contributed by atoms with Crippen LogP contribution in [-0.4, -0.2) is 148 Å². The van der Waals surface area contributed by atoms with Crippen LogP contribution in [0, 0.1) is 13.8 Å². The maximum Gasteiger partial charge on any atom is 0.183 e. The molecule has 0 atom stereocenters. The summed E-state index contributed by atoms with van der Waals surface area (Å²) >= 11 is 3.26. The van der Waals surface area contributed by atoms with E-state index in [1.165, 1.54) is 89.2 Å². The first kappa shape index (κ1) is 50.0. The van der Waals surface area contributed by atoms with E-state index in [9.17, 15) is 0 Å². The maximum atomic E-state index is 6.38. The number of likely N-dealkylation sites (N-methyl/N-ethyl adjacent to an activating group) is 2. The molecule has 0 bridgehead atoms. The first-order valence-electron chi connectivity index (χ1n) is 26.4. The minimum atomic E-state index is 0.333. The summed E-state index contributed by atoms with van der Waals surface area (Å²) in [6.07, 6.45) is 12.4. The van der Waals surface area contributed by atoms with E-state index < -0.39 is 0 Å². The van der Waals surface area contributed by atoms with Crippen LogP contribution in [0.15, 0.2) is 71.9 Å². The number of nitrogens with one attached hydrogen (secondary N) is 2. The largest absolute Gasteiger partial charge is 0.383 e. The molecule has 0 amide bonds. The monoisotopic (exact) mass is 1030 g/mol. The summed E-state index contributed by atoms with van der Waals surface area (Å²) in [5, 5.41) is 24.7. The predicted molar refractivity (Wildman–Crippen MR) is 299 cm³/mol. The van der Waals surface area contributed by atoms with Crippen molar-refractivity contribution in [3.8, 4) is 22.5 Å². The molecule has 2 saturated carbocycles. The van der Waals surface area contributed by atoms with Gasteiger partial charge in [-0.05, 0) is 90.4 Å². The fourth-order valence-corrected chi connectivity index (χ4v) is 12.8. The molecular formula is C54H70N18S2. The van der Waals surface area contributed by atoms with Crippen LogP contribution in [0.2, 0.25) is 0 Å². The number of hydrogen-bond acceptors (Lipinski definition) is 18. The van der Waals surface area contributed by atoms with Crippen LogP contribution in [0.5, 0.6) is 0 Å². The van der Waals surface area contributed by atoms with Gasteiger partial charge in [0.15, 0.2) is 21.6 Å². The number of nitrogens with two attached hydrogens (primary N) is 2. The van der Waals surface area contributed by atoms with Crippen molar-refractivity contribution in [1.29, 1.82) is 0 Å². The number of anilines is 4. The van der Waals surface area contributed by atoms with E-state index in [1.807, 2.05) is 13.8 Å². The smallest absolute Gasteiger partial charge is 0.183 e. The van der Waals surface area contributed by atoms with Gasteiger partial charge < -0.3 is 31.9 Å². The molecule has 2 saturated heterocycles. The van der Waals surface area contributed by atoms with E-state index in [0.29, 0.717) is 35.8 Å². The summed E-state index contributed by atoms with van der Waals surface area (Å²) in [4.78, 5) is 37.1. The van der Waals surface area contributed by atoms with E-state index in [2.05, 4.69) is 143 Å². The van der Waals surface area contributed by atoms with E-state index in [1.54, 1.807) is 35.3 Å². The molecule has 8 aromatic rings. The minimum absolute atomic E-state index is 0.333. The van der Waals surface area contributed by atoms with Gasteiger partial charge in [0.2, 0.25) is 0 Å². The Balaban J connectivity index is 0.000000159. The van der Waals surface area contributed by atoms with Gasteiger partial charge in [0.25, 0.3) is 0 Å². The van der Waals surface area contributed by atoms with Crippen molar-refractivity contribution < 1.29 is 0 Å². The molecule has 0 unspecified atom stereocenters. The molecule has 4 fully saturated rings. The molecule has 8 heterocycles. The molecule has 2 aliphatic heterocycles. The second-order valence-corrected chi connectivity index (χ2v) is 22.5. The van der Waals surface area contributed by atoms with Crippen molar-refractivity contribution in [2.45, 2.75) is 102 Å². The van der Waals surface area contributed by atoms with Gasteiger partial charge in [0.05, 0.1) is 34.2 Å². The topological polar surface area (TPSA) is 202 Å². The zero-order valence-corrected chi connectivity index (χ0v) is 44.8. The fraction of sp³-hybridized carbons (Fsp3) is 0.481. The average molecular weight is 1040 g/mol. The molecule has 4 aliphatic rings. The Kier molecular flexibility index (Phi) is 15.1. The lowest BCUT2D eigenvalue weighted by molar-refractivity contribution is 0.0815. The molecule has 0 spiro atoms.